The van der Waals surface area contributed by atoms with Crippen molar-refractivity contribution in [3.63, 3.8) is 0 Å². The number of carbonyl (C=O) groups is 2. The molecular formula is C18H16N2O4S. The van der Waals surface area contributed by atoms with Crippen molar-refractivity contribution in [3.05, 3.63) is 59.6 Å². The normalized spacial score (nSPS) is 12.1. The second kappa shape index (κ2) is 6.98. The molecule has 0 radical (unpaired) electrons. The summed E-state index contributed by atoms with van der Waals surface area (Å²) in [5.74, 6) is -0.472. The molecule has 0 saturated heterocycles. The number of nitrogens with zero attached hydrogens (tertiary/aromatic N) is 1. The Balaban J connectivity index is 1.85. The number of rotatable bonds is 5. The van der Waals surface area contributed by atoms with Crippen molar-refractivity contribution in [3.8, 4) is 0 Å². The van der Waals surface area contributed by atoms with Crippen LogP contribution >= 0.6 is 11.8 Å². The third kappa shape index (κ3) is 3.51. The van der Waals surface area contributed by atoms with Gasteiger partial charge in [0.05, 0.1) is 10.9 Å². The Hall–Kier alpha value is -2.80. The lowest BCUT2D eigenvalue weighted by Gasteiger charge is -2.11. The molecule has 2 heterocycles. The molecule has 1 unspecified atom stereocenters. The van der Waals surface area contributed by atoms with E-state index in [1.807, 2.05) is 0 Å². The van der Waals surface area contributed by atoms with Gasteiger partial charge >= 0.3 is 0 Å². The Morgan fingerprint density at radius 3 is 2.64 bits per heavy atom. The third-order valence-electron chi connectivity index (χ3n) is 3.62. The summed E-state index contributed by atoms with van der Waals surface area (Å²) in [7, 11) is 0. The van der Waals surface area contributed by atoms with Crippen LogP contribution < -0.4 is 10.0 Å². The molecule has 0 spiro atoms. The van der Waals surface area contributed by atoms with Crippen LogP contribution in [0, 0.1) is 5.21 Å². The van der Waals surface area contributed by atoms with Gasteiger partial charge in [0.25, 0.3) is 5.03 Å². The molecule has 1 atom stereocenters. The number of hydrogen-bond acceptors (Lipinski definition) is 5. The van der Waals surface area contributed by atoms with Crippen LogP contribution in [0.15, 0.2) is 58.1 Å². The molecule has 0 bridgehead atoms. The molecule has 3 rings (SSSR count). The second-order valence-electron chi connectivity index (χ2n) is 5.47. The van der Waals surface area contributed by atoms with Crippen molar-refractivity contribution in [1.29, 1.82) is 0 Å². The van der Waals surface area contributed by atoms with Gasteiger partial charge in [0, 0.05) is 24.4 Å². The summed E-state index contributed by atoms with van der Waals surface area (Å²) in [4.78, 5) is 24.4. The lowest BCUT2D eigenvalue weighted by molar-refractivity contribution is -0.645. The predicted octanol–water partition coefficient (Wildman–Crippen LogP) is 3.39. The second-order valence-corrected chi connectivity index (χ2v) is 6.83. The van der Waals surface area contributed by atoms with Crippen LogP contribution in [0.2, 0.25) is 0 Å². The maximum absolute atomic E-state index is 12.5. The van der Waals surface area contributed by atoms with Gasteiger partial charge in [-0.05, 0) is 36.9 Å². The smallest absolute Gasteiger partial charge is 0.252 e. The van der Waals surface area contributed by atoms with E-state index in [1.54, 1.807) is 49.4 Å². The minimum absolute atomic E-state index is 0.116. The molecule has 128 valence electrons. The molecule has 6 nitrogen and oxygen atoms in total. The van der Waals surface area contributed by atoms with Crippen molar-refractivity contribution in [2.45, 2.75) is 24.1 Å². The van der Waals surface area contributed by atoms with Crippen molar-refractivity contribution < 1.29 is 18.7 Å². The van der Waals surface area contributed by atoms with Crippen molar-refractivity contribution in [2.75, 3.05) is 5.32 Å². The first-order valence-electron chi connectivity index (χ1n) is 7.65. The Morgan fingerprint density at radius 2 is 1.92 bits per heavy atom. The molecular weight excluding hydrogens is 340 g/mol. The summed E-state index contributed by atoms with van der Waals surface area (Å²) in [6.45, 7) is 3.08. The molecule has 7 heteroatoms. The minimum atomic E-state index is -0.531. The number of hydrogen-bond donors (Lipinski definition) is 1. The molecule has 1 N–H and O–H groups in total. The van der Waals surface area contributed by atoms with E-state index in [1.165, 1.54) is 13.1 Å². The third-order valence-corrected chi connectivity index (χ3v) is 4.74. The molecule has 1 amide bonds. The van der Waals surface area contributed by atoms with Gasteiger partial charge < -0.3 is 14.9 Å². The largest absolute Gasteiger partial charge is 0.618 e. The fourth-order valence-electron chi connectivity index (χ4n) is 2.38. The number of Topliss-reactive ketones (excluding diaryl/α,β-unsaturated/α-hetero) is 1. The zero-order valence-corrected chi connectivity index (χ0v) is 14.5. The van der Waals surface area contributed by atoms with Crippen LogP contribution in [-0.4, -0.2) is 16.9 Å². The highest BCUT2D eigenvalue weighted by molar-refractivity contribution is 8.00. The van der Waals surface area contributed by atoms with Gasteiger partial charge in [-0.25, -0.2) is 0 Å². The number of amides is 1. The van der Waals surface area contributed by atoms with E-state index in [0.29, 0.717) is 26.4 Å². The Bertz CT molecular complexity index is 951. The van der Waals surface area contributed by atoms with E-state index < -0.39 is 5.25 Å². The molecule has 0 aliphatic rings. The quantitative estimate of drug-likeness (QED) is 0.328. The van der Waals surface area contributed by atoms with Gasteiger partial charge in [0.1, 0.15) is 5.58 Å². The highest BCUT2D eigenvalue weighted by Gasteiger charge is 2.24. The first-order chi connectivity index (χ1) is 12.0. The number of anilines is 1. The Morgan fingerprint density at radius 1 is 1.20 bits per heavy atom. The number of aromatic nitrogens is 1. The monoisotopic (exact) mass is 356 g/mol. The summed E-state index contributed by atoms with van der Waals surface area (Å²) in [5.41, 5.74) is 0.896. The SMILES string of the molecule is CC(=O)c1oc2ccccc2c1NC(=O)C(C)Sc1cccc[n+]1[O-]. The molecule has 1 aromatic carbocycles. The van der Waals surface area contributed by atoms with E-state index in [4.69, 9.17) is 4.42 Å². The van der Waals surface area contributed by atoms with E-state index >= 15 is 0 Å². The van der Waals surface area contributed by atoms with Gasteiger partial charge in [-0.1, -0.05) is 12.1 Å². The zero-order chi connectivity index (χ0) is 18.0. The molecule has 0 aliphatic carbocycles. The van der Waals surface area contributed by atoms with Crippen LogP contribution in [0.1, 0.15) is 24.4 Å². The van der Waals surface area contributed by atoms with Gasteiger partial charge in [0.2, 0.25) is 5.91 Å². The number of benzene rings is 1. The molecule has 3 aromatic rings. The molecule has 25 heavy (non-hydrogen) atoms. The summed E-state index contributed by atoms with van der Waals surface area (Å²) in [5, 5.41) is 15.0. The molecule has 2 aromatic heterocycles. The van der Waals surface area contributed by atoms with Crippen molar-refractivity contribution in [2.24, 2.45) is 0 Å². The zero-order valence-electron chi connectivity index (χ0n) is 13.7. The molecule has 0 aliphatic heterocycles. The average molecular weight is 356 g/mol. The van der Waals surface area contributed by atoms with Crippen LogP contribution in [0.5, 0.6) is 0 Å². The van der Waals surface area contributed by atoms with Crippen molar-refractivity contribution in [1.82, 2.24) is 0 Å². The van der Waals surface area contributed by atoms with E-state index in [-0.39, 0.29) is 17.5 Å². The maximum atomic E-state index is 12.5. The van der Waals surface area contributed by atoms with Gasteiger partial charge in [0.15, 0.2) is 17.7 Å². The van der Waals surface area contributed by atoms with E-state index in [9.17, 15) is 14.8 Å². The molecule has 0 saturated carbocycles. The van der Waals surface area contributed by atoms with E-state index in [2.05, 4.69) is 5.32 Å². The van der Waals surface area contributed by atoms with Gasteiger partial charge in [-0.15, -0.1) is 0 Å². The standard InChI is InChI=1S/C18H16N2O4S/c1-11(21)17-16(13-7-3-4-8-14(13)24-17)19-18(22)12(2)25-15-9-5-6-10-20(15)23/h3-10,12H,1-2H3,(H,19,22). The lowest BCUT2D eigenvalue weighted by atomic mass is 10.2. The van der Waals surface area contributed by atoms with Gasteiger partial charge in [-0.3, -0.25) is 9.59 Å². The highest BCUT2D eigenvalue weighted by Crippen LogP contribution is 2.32. The Kier molecular flexibility index (Phi) is 4.76. The maximum Gasteiger partial charge on any atom is 0.252 e. The number of furan rings is 1. The van der Waals surface area contributed by atoms with Crippen LogP contribution in [0.4, 0.5) is 5.69 Å². The number of nitrogens with one attached hydrogen (secondary N) is 1. The number of ketones is 1. The lowest BCUT2D eigenvalue weighted by Crippen LogP contribution is -2.30. The van der Waals surface area contributed by atoms with Crippen LogP contribution in [-0.2, 0) is 4.79 Å². The average Bonchev–Trinajstić information content (AvgIpc) is 2.96. The highest BCUT2D eigenvalue weighted by atomic mass is 32.2. The van der Waals surface area contributed by atoms with Crippen molar-refractivity contribution >= 4 is 40.1 Å². The number of fused-ring (bicyclic) bond motifs is 1. The fourth-order valence-corrected chi connectivity index (χ4v) is 3.23. The first kappa shape index (κ1) is 17.0. The summed E-state index contributed by atoms with van der Waals surface area (Å²) >= 11 is 1.14. The topological polar surface area (TPSA) is 86.2 Å². The number of pyridine rings is 1. The number of carbonyl (C=O) groups excluding carboxylic acids is 2. The summed E-state index contributed by atoms with van der Waals surface area (Å²) < 4.78 is 6.26. The van der Waals surface area contributed by atoms with Gasteiger partial charge in [-0.2, -0.15) is 4.73 Å². The Labute approximate surface area is 148 Å². The molecule has 0 fully saturated rings. The summed E-state index contributed by atoms with van der Waals surface area (Å²) in [6.07, 6.45) is 1.38. The van der Waals surface area contributed by atoms with Crippen LogP contribution in [0.3, 0.4) is 0 Å². The fraction of sp³-hybridized carbons (Fsp3) is 0.167. The summed E-state index contributed by atoms with van der Waals surface area (Å²) in [6, 6.07) is 12.1. The van der Waals surface area contributed by atoms with Crippen LogP contribution in [0.25, 0.3) is 11.0 Å². The number of thioether (sulfide) groups is 1. The number of para-hydroxylation sites is 1. The van der Waals surface area contributed by atoms with E-state index in [0.717, 1.165) is 11.8 Å². The minimum Gasteiger partial charge on any atom is -0.618 e. The predicted molar refractivity (Wildman–Crippen MR) is 95.6 cm³/mol. The first-order valence-corrected chi connectivity index (χ1v) is 8.53.